The van der Waals surface area contributed by atoms with Crippen LogP contribution in [0, 0.1) is 0 Å². The van der Waals surface area contributed by atoms with Crippen molar-refractivity contribution in [3.63, 3.8) is 0 Å². The Labute approximate surface area is 216 Å². The molecule has 0 saturated carbocycles. The van der Waals surface area contributed by atoms with E-state index < -0.39 is 10.0 Å². The maximum atomic E-state index is 12.4. The summed E-state index contributed by atoms with van der Waals surface area (Å²) >= 11 is 0. The Bertz CT molecular complexity index is 1020. The number of nitrogens with one attached hydrogen (secondary N) is 1. The van der Waals surface area contributed by atoms with E-state index in [-0.39, 0.29) is 18.3 Å². The van der Waals surface area contributed by atoms with Gasteiger partial charge in [0.25, 0.3) is 0 Å². The minimum absolute atomic E-state index is 0. The molecule has 2 aromatic rings. The fourth-order valence-corrected chi connectivity index (χ4v) is 4.86. The van der Waals surface area contributed by atoms with E-state index in [9.17, 15) is 13.2 Å². The number of hydrogen-bond acceptors (Lipinski definition) is 5. The van der Waals surface area contributed by atoms with Crippen LogP contribution in [0.2, 0.25) is 0 Å². The smallest absolute Gasteiger partial charge is 0.229 e. The van der Waals surface area contributed by atoms with Crippen molar-refractivity contribution >= 4 is 34.0 Å². The molecule has 0 aromatic heterocycles. The third kappa shape index (κ3) is 9.35. The maximum absolute atomic E-state index is 12.4. The van der Waals surface area contributed by atoms with Gasteiger partial charge in [-0.25, -0.2) is 8.42 Å². The zero-order chi connectivity index (χ0) is 24.6. The summed E-state index contributed by atoms with van der Waals surface area (Å²) in [6.45, 7) is 7.88. The van der Waals surface area contributed by atoms with E-state index in [0.717, 1.165) is 63.9 Å². The first-order chi connectivity index (χ1) is 16.3. The molecule has 0 spiro atoms. The summed E-state index contributed by atoms with van der Waals surface area (Å²) in [7, 11) is -3.29. The van der Waals surface area contributed by atoms with E-state index in [4.69, 9.17) is 4.74 Å². The number of ether oxygens (including phenoxy) is 1. The minimum Gasteiger partial charge on any atom is -0.457 e. The Morgan fingerprint density at radius 3 is 2.11 bits per heavy atom. The van der Waals surface area contributed by atoms with E-state index in [0.29, 0.717) is 23.9 Å². The van der Waals surface area contributed by atoms with Crippen LogP contribution in [0.25, 0.3) is 0 Å². The Hall–Kier alpha value is -2.29. The summed E-state index contributed by atoms with van der Waals surface area (Å²) in [4.78, 5) is 17.0. The number of likely N-dealkylation sites (tertiary alicyclic amines) is 1. The highest BCUT2D eigenvalue weighted by Crippen LogP contribution is 2.25. The fourth-order valence-electron chi connectivity index (χ4n) is 4.29. The summed E-state index contributed by atoms with van der Waals surface area (Å²) in [5, 5.41) is 0. The molecule has 7 nitrogen and oxygen atoms in total. The van der Waals surface area contributed by atoms with Gasteiger partial charge >= 0.3 is 0 Å². The average molecular weight is 524 g/mol. The standard InChI is InChI=1S/C26H37N3O4S.ClH/c1-4-6-17-29(26(30)5-2)23-15-18-28(19-16-23)20-21-7-11-24(12-8-21)33-25-13-9-22(10-14-25)27-34(3,31)32;/h7-14,23,27H,4-6,15-20H2,1-3H3;1H. The molecule has 2 aromatic carbocycles. The SMILES string of the molecule is CCCCN(C(=O)CC)C1CCN(Cc2ccc(Oc3ccc(NS(C)(=O)=O)cc3)cc2)CC1.Cl. The molecule has 194 valence electrons. The number of carbonyl (C=O) groups is 1. The number of halogens is 1. The molecule has 3 rings (SSSR count). The normalized spacial score (nSPS) is 14.7. The van der Waals surface area contributed by atoms with Crippen LogP contribution in [0.5, 0.6) is 11.5 Å². The van der Waals surface area contributed by atoms with Gasteiger partial charge in [0.05, 0.1) is 6.26 Å². The van der Waals surface area contributed by atoms with Gasteiger partial charge in [-0.05, 0) is 61.2 Å². The second-order valence-corrected chi connectivity index (χ2v) is 10.7. The van der Waals surface area contributed by atoms with Crippen molar-refractivity contribution in [3.8, 4) is 11.5 Å². The van der Waals surface area contributed by atoms with Crippen LogP contribution in [-0.2, 0) is 21.4 Å². The zero-order valence-corrected chi connectivity index (χ0v) is 22.5. The monoisotopic (exact) mass is 523 g/mol. The van der Waals surface area contributed by atoms with E-state index in [1.54, 1.807) is 24.3 Å². The lowest BCUT2D eigenvalue weighted by Crippen LogP contribution is -2.47. The van der Waals surface area contributed by atoms with Crippen LogP contribution < -0.4 is 9.46 Å². The molecule has 0 aliphatic carbocycles. The van der Waals surface area contributed by atoms with Gasteiger partial charge in [-0.2, -0.15) is 0 Å². The van der Waals surface area contributed by atoms with Gasteiger partial charge < -0.3 is 9.64 Å². The summed E-state index contributed by atoms with van der Waals surface area (Å²) in [6, 6.07) is 15.2. The molecule has 0 atom stereocenters. The molecule has 1 heterocycles. The molecule has 1 fully saturated rings. The van der Waals surface area contributed by atoms with Crippen molar-refractivity contribution in [2.45, 2.75) is 58.5 Å². The van der Waals surface area contributed by atoms with Gasteiger partial charge in [-0.1, -0.05) is 32.4 Å². The van der Waals surface area contributed by atoms with Gasteiger partial charge in [0.2, 0.25) is 15.9 Å². The van der Waals surface area contributed by atoms with Gasteiger partial charge in [-0.3, -0.25) is 14.4 Å². The van der Waals surface area contributed by atoms with Crippen LogP contribution >= 0.6 is 12.4 Å². The largest absolute Gasteiger partial charge is 0.457 e. The van der Waals surface area contributed by atoms with Crippen LogP contribution in [0.15, 0.2) is 48.5 Å². The molecule has 1 N–H and O–H groups in total. The summed E-state index contributed by atoms with van der Waals surface area (Å²) < 4.78 is 30.9. The quantitative estimate of drug-likeness (QED) is 0.433. The average Bonchev–Trinajstić information content (AvgIpc) is 2.81. The van der Waals surface area contributed by atoms with E-state index in [1.807, 2.05) is 19.1 Å². The predicted octanol–water partition coefficient (Wildman–Crippen LogP) is 5.28. The lowest BCUT2D eigenvalue weighted by atomic mass is 10.0. The van der Waals surface area contributed by atoms with E-state index in [1.165, 1.54) is 5.56 Å². The Balaban J connectivity index is 0.00000432. The van der Waals surface area contributed by atoms with Crippen molar-refractivity contribution in [2.75, 3.05) is 30.6 Å². The lowest BCUT2D eigenvalue weighted by molar-refractivity contribution is -0.134. The van der Waals surface area contributed by atoms with Crippen LogP contribution in [0.1, 0.15) is 51.5 Å². The number of anilines is 1. The van der Waals surface area contributed by atoms with Gasteiger partial charge in [0, 0.05) is 44.3 Å². The van der Waals surface area contributed by atoms with Crippen LogP contribution in [-0.4, -0.2) is 56.1 Å². The molecule has 1 aliphatic rings. The number of nitrogens with zero attached hydrogens (tertiary/aromatic N) is 2. The number of sulfonamides is 1. The van der Waals surface area contributed by atoms with E-state index in [2.05, 4.69) is 33.6 Å². The first kappa shape index (κ1) is 28.9. The minimum atomic E-state index is -3.29. The fraction of sp³-hybridized carbons (Fsp3) is 0.500. The summed E-state index contributed by atoms with van der Waals surface area (Å²) in [5.74, 6) is 1.66. The number of carbonyl (C=O) groups excluding carboxylic acids is 1. The highest BCUT2D eigenvalue weighted by molar-refractivity contribution is 7.92. The van der Waals surface area contributed by atoms with Crippen molar-refractivity contribution in [1.82, 2.24) is 9.80 Å². The third-order valence-electron chi connectivity index (χ3n) is 6.10. The molecule has 1 saturated heterocycles. The number of amides is 1. The topological polar surface area (TPSA) is 79.0 Å². The number of piperidine rings is 1. The molecule has 0 radical (unpaired) electrons. The molecule has 35 heavy (non-hydrogen) atoms. The molecule has 0 bridgehead atoms. The zero-order valence-electron chi connectivity index (χ0n) is 20.9. The molecule has 9 heteroatoms. The molecular formula is C26H38ClN3O4S. The Morgan fingerprint density at radius 1 is 1.03 bits per heavy atom. The van der Waals surface area contributed by atoms with E-state index >= 15 is 0 Å². The summed E-state index contributed by atoms with van der Waals surface area (Å²) in [5.41, 5.74) is 1.73. The first-order valence-electron chi connectivity index (χ1n) is 12.1. The highest BCUT2D eigenvalue weighted by atomic mass is 35.5. The van der Waals surface area contributed by atoms with Gasteiger partial charge in [0.1, 0.15) is 11.5 Å². The van der Waals surface area contributed by atoms with Crippen molar-refractivity contribution < 1.29 is 17.9 Å². The molecule has 1 amide bonds. The second-order valence-electron chi connectivity index (χ2n) is 8.95. The maximum Gasteiger partial charge on any atom is 0.229 e. The van der Waals surface area contributed by atoms with Crippen molar-refractivity contribution in [2.24, 2.45) is 0 Å². The van der Waals surface area contributed by atoms with Gasteiger partial charge in [0.15, 0.2) is 0 Å². The molecule has 1 aliphatic heterocycles. The first-order valence-corrected chi connectivity index (χ1v) is 14.0. The third-order valence-corrected chi connectivity index (χ3v) is 6.70. The highest BCUT2D eigenvalue weighted by Gasteiger charge is 2.26. The van der Waals surface area contributed by atoms with Crippen molar-refractivity contribution in [1.29, 1.82) is 0 Å². The number of benzene rings is 2. The summed E-state index contributed by atoms with van der Waals surface area (Å²) in [6.07, 6.45) is 5.94. The van der Waals surface area contributed by atoms with Gasteiger partial charge in [-0.15, -0.1) is 12.4 Å². The van der Waals surface area contributed by atoms with Crippen LogP contribution in [0.4, 0.5) is 5.69 Å². The van der Waals surface area contributed by atoms with Crippen molar-refractivity contribution in [3.05, 3.63) is 54.1 Å². The number of hydrogen-bond donors (Lipinski definition) is 1. The molecule has 0 unspecified atom stereocenters. The lowest BCUT2D eigenvalue weighted by Gasteiger charge is -2.38. The Morgan fingerprint density at radius 2 is 1.60 bits per heavy atom. The Kier molecular flexibility index (Phi) is 11.3. The van der Waals surface area contributed by atoms with Crippen LogP contribution in [0.3, 0.4) is 0 Å². The molecular weight excluding hydrogens is 486 g/mol. The number of unbranched alkanes of at least 4 members (excludes halogenated alkanes) is 1. The predicted molar refractivity (Wildman–Crippen MR) is 144 cm³/mol. The number of rotatable bonds is 11. The second kappa shape index (κ2) is 13.7.